The van der Waals surface area contributed by atoms with Gasteiger partial charge in [0.25, 0.3) is 0 Å². The second-order valence-corrected chi connectivity index (χ2v) is 9.03. The average Bonchev–Trinajstić information content (AvgIpc) is 3.16. The first-order chi connectivity index (χ1) is 16.0. The van der Waals surface area contributed by atoms with E-state index in [1.165, 1.54) is 11.1 Å². The third-order valence-electron chi connectivity index (χ3n) is 6.85. The van der Waals surface area contributed by atoms with Crippen LogP contribution in [0.4, 0.5) is 0 Å². The number of ether oxygens (including phenoxy) is 1. The number of amides is 1. The number of fused-ring (bicyclic) bond motifs is 1. The highest BCUT2D eigenvalue weighted by Gasteiger charge is 2.42. The van der Waals surface area contributed by atoms with Gasteiger partial charge in [0.05, 0.1) is 12.0 Å². The van der Waals surface area contributed by atoms with Gasteiger partial charge in [-0.15, -0.1) is 0 Å². The second-order valence-electron chi connectivity index (χ2n) is 9.03. The number of benzene rings is 2. The Labute approximate surface area is 195 Å². The predicted molar refractivity (Wildman–Crippen MR) is 129 cm³/mol. The van der Waals surface area contributed by atoms with Crippen LogP contribution in [0.15, 0.2) is 60.8 Å². The molecule has 2 aromatic carbocycles. The van der Waals surface area contributed by atoms with Gasteiger partial charge in [0.1, 0.15) is 6.54 Å². The molecule has 0 atom stereocenters. The van der Waals surface area contributed by atoms with E-state index in [0.29, 0.717) is 6.61 Å². The Morgan fingerprint density at radius 1 is 1.03 bits per heavy atom. The normalized spacial score (nSPS) is 16.0. The van der Waals surface area contributed by atoms with Gasteiger partial charge in [0, 0.05) is 23.6 Å². The highest BCUT2D eigenvalue weighted by molar-refractivity contribution is 5.86. The highest BCUT2D eigenvalue weighted by atomic mass is 16.5. The lowest BCUT2D eigenvalue weighted by Gasteiger charge is -2.40. The van der Waals surface area contributed by atoms with Crippen LogP contribution in [0.25, 0.3) is 10.9 Å². The molecule has 2 heterocycles. The number of piperidine rings is 1. The summed E-state index contributed by atoms with van der Waals surface area (Å²) in [6.07, 6.45) is 5.30. The van der Waals surface area contributed by atoms with Gasteiger partial charge in [-0.1, -0.05) is 48.5 Å². The van der Waals surface area contributed by atoms with Crippen molar-refractivity contribution in [1.29, 1.82) is 0 Å². The average molecular weight is 448 g/mol. The van der Waals surface area contributed by atoms with E-state index in [1.54, 1.807) is 0 Å². The SMILES string of the molecule is CCOC(=O)C1(CCc2ccccc2)CCN(Cc2cn(CC(N)=O)c3ccccc23)CC1. The Morgan fingerprint density at radius 2 is 1.73 bits per heavy atom. The fourth-order valence-corrected chi connectivity index (χ4v) is 5.00. The highest BCUT2D eigenvalue weighted by Crippen LogP contribution is 2.38. The van der Waals surface area contributed by atoms with Gasteiger partial charge in [-0.25, -0.2) is 0 Å². The van der Waals surface area contributed by atoms with Crippen LogP contribution in [0.3, 0.4) is 0 Å². The second kappa shape index (κ2) is 10.2. The Morgan fingerprint density at radius 3 is 2.42 bits per heavy atom. The first kappa shape index (κ1) is 23.1. The van der Waals surface area contributed by atoms with Crippen molar-refractivity contribution in [3.63, 3.8) is 0 Å². The number of nitrogens with zero attached hydrogens (tertiary/aromatic N) is 2. The van der Waals surface area contributed by atoms with Gasteiger partial charge < -0.3 is 15.0 Å². The van der Waals surface area contributed by atoms with E-state index in [9.17, 15) is 9.59 Å². The molecular formula is C27H33N3O3. The monoisotopic (exact) mass is 447 g/mol. The van der Waals surface area contributed by atoms with E-state index in [4.69, 9.17) is 10.5 Å². The van der Waals surface area contributed by atoms with Gasteiger partial charge in [-0.2, -0.15) is 0 Å². The zero-order valence-corrected chi connectivity index (χ0v) is 19.3. The number of para-hydroxylation sites is 1. The molecule has 174 valence electrons. The molecule has 0 unspecified atom stereocenters. The molecule has 1 saturated heterocycles. The number of carbonyl (C=O) groups excluding carboxylic acids is 2. The number of likely N-dealkylation sites (tertiary alicyclic amines) is 1. The van der Waals surface area contributed by atoms with Crippen molar-refractivity contribution < 1.29 is 14.3 Å². The van der Waals surface area contributed by atoms with Crippen molar-refractivity contribution in [2.45, 2.75) is 45.7 Å². The minimum absolute atomic E-state index is 0.0568. The van der Waals surface area contributed by atoms with Gasteiger partial charge in [-0.3, -0.25) is 14.5 Å². The Kier molecular flexibility index (Phi) is 7.14. The Bertz CT molecular complexity index is 1100. The standard InChI is InChI=1S/C27H33N3O3/c1-2-33-26(32)27(13-12-21-8-4-3-5-9-21)14-16-29(17-15-27)18-22-19-30(20-25(28)31)24-11-7-6-10-23(22)24/h3-11,19H,2,12-18,20H2,1H3,(H2,28,31). The molecule has 33 heavy (non-hydrogen) atoms. The maximum Gasteiger partial charge on any atom is 0.312 e. The predicted octanol–water partition coefficient (Wildman–Crippen LogP) is 3.90. The summed E-state index contributed by atoms with van der Waals surface area (Å²) in [6, 6.07) is 18.5. The molecular weight excluding hydrogens is 414 g/mol. The van der Waals surface area contributed by atoms with Crippen molar-refractivity contribution in [3.05, 3.63) is 71.9 Å². The lowest BCUT2D eigenvalue weighted by molar-refractivity contribution is -0.159. The molecule has 1 amide bonds. The molecule has 0 bridgehead atoms. The van der Waals surface area contributed by atoms with Gasteiger partial charge >= 0.3 is 5.97 Å². The van der Waals surface area contributed by atoms with Crippen LogP contribution in [0, 0.1) is 5.41 Å². The molecule has 0 spiro atoms. The molecule has 1 aliphatic heterocycles. The van der Waals surface area contributed by atoms with E-state index in [0.717, 1.165) is 56.2 Å². The number of rotatable bonds is 9. The number of hydrogen-bond acceptors (Lipinski definition) is 4. The molecule has 1 aliphatic rings. The minimum Gasteiger partial charge on any atom is -0.466 e. The van der Waals surface area contributed by atoms with Gasteiger partial charge in [0.2, 0.25) is 5.91 Å². The summed E-state index contributed by atoms with van der Waals surface area (Å²) in [4.78, 5) is 26.9. The summed E-state index contributed by atoms with van der Waals surface area (Å²) in [7, 11) is 0. The smallest absolute Gasteiger partial charge is 0.312 e. The van der Waals surface area contributed by atoms with Crippen molar-refractivity contribution in [2.75, 3.05) is 19.7 Å². The van der Waals surface area contributed by atoms with Crippen molar-refractivity contribution in [3.8, 4) is 0 Å². The third kappa shape index (κ3) is 5.28. The van der Waals surface area contributed by atoms with Gasteiger partial charge in [-0.05, 0) is 62.9 Å². The quantitative estimate of drug-likeness (QED) is 0.505. The molecule has 4 rings (SSSR count). The van der Waals surface area contributed by atoms with E-state index in [2.05, 4.69) is 23.1 Å². The van der Waals surface area contributed by atoms with Crippen molar-refractivity contribution >= 4 is 22.8 Å². The summed E-state index contributed by atoms with van der Waals surface area (Å²) >= 11 is 0. The fourth-order valence-electron chi connectivity index (χ4n) is 5.00. The van der Waals surface area contributed by atoms with Crippen LogP contribution in [-0.4, -0.2) is 41.0 Å². The molecule has 1 aromatic heterocycles. The number of primary amides is 1. The summed E-state index contributed by atoms with van der Waals surface area (Å²) in [5.41, 5.74) is 8.48. The number of hydrogen-bond donors (Lipinski definition) is 1. The Balaban J connectivity index is 1.47. The van der Waals surface area contributed by atoms with Crippen molar-refractivity contribution in [1.82, 2.24) is 9.47 Å². The first-order valence-electron chi connectivity index (χ1n) is 11.8. The summed E-state index contributed by atoms with van der Waals surface area (Å²) in [6.45, 7) is 4.91. The van der Waals surface area contributed by atoms with Crippen molar-refractivity contribution in [2.24, 2.45) is 11.1 Å². The van der Waals surface area contributed by atoms with Crippen LogP contribution >= 0.6 is 0 Å². The topological polar surface area (TPSA) is 77.6 Å². The molecule has 6 heteroatoms. The van der Waals surface area contributed by atoms with E-state index < -0.39 is 5.41 Å². The number of aromatic nitrogens is 1. The summed E-state index contributed by atoms with van der Waals surface area (Å²) in [5.74, 6) is -0.406. The molecule has 6 nitrogen and oxygen atoms in total. The zero-order valence-electron chi connectivity index (χ0n) is 19.3. The number of nitrogens with two attached hydrogens (primary N) is 1. The molecule has 2 N–H and O–H groups in total. The number of esters is 1. The minimum atomic E-state index is -0.428. The van der Waals surface area contributed by atoms with Crippen LogP contribution in [0.1, 0.15) is 37.3 Å². The zero-order chi connectivity index (χ0) is 23.3. The van der Waals surface area contributed by atoms with Crippen LogP contribution in [0.2, 0.25) is 0 Å². The molecule has 0 aliphatic carbocycles. The van der Waals surface area contributed by atoms with Gasteiger partial charge in [0.15, 0.2) is 0 Å². The lowest BCUT2D eigenvalue weighted by atomic mass is 9.74. The largest absolute Gasteiger partial charge is 0.466 e. The number of carbonyl (C=O) groups is 2. The molecule has 1 fully saturated rings. The first-order valence-corrected chi connectivity index (χ1v) is 11.8. The number of aryl methyl sites for hydroxylation is 1. The van der Waals surface area contributed by atoms with E-state index >= 15 is 0 Å². The van der Waals surface area contributed by atoms with E-state index in [-0.39, 0.29) is 18.4 Å². The maximum absolute atomic E-state index is 13.0. The van der Waals surface area contributed by atoms with Crippen LogP contribution in [0.5, 0.6) is 0 Å². The molecule has 0 radical (unpaired) electrons. The maximum atomic E-state index is 13.0. The fraction of sp³-hybridized carbons (Fsp3) is 0.407. The van der Waals surface area contributed by atoms with Crippen LogP contribution < -0.4 is 5.73 Å². The molecule has 3 aromatic rings. The van der Waals surface area contributed by atoms with E-state index in [1.807, 2.05) is 54.1 Å². The third-order valence-corrected chi connectivity index (χ3v) is 6.85. The summed E-state index contributed by atoms with van der Waals surface area (Å²) in [5, 5.41) is 1.14. The van der Waals surface area contributed by atoms with Crippen LogP contribution in [-0.2, 0) is 33.8 Å². The Hall–Kier alpha value is -3.12. The lowest BCUT2D eigenvalue weighted by Crippen LogP contribution is -2.45. The molecule has 0 saturated carbocycles. The summed E-state index contributed by atoms with van der Waals surface area (Å²) < 4.78 is 7.45.